The number of benzene rings is 1. The molecule has 6 nitrogen and oxygen atoms in total. The van der Waals surface area contributed by atoms with Gasteiger partial charge in [-0.1, -0.05) is 36.7 Å². The molecule has 0 aliphatic heterocycles. The summed E-state index contributed by atoms with van der Waals surface area (Å²) < 4.78 is 2.38. The third-order valence-corrected chi connectivity index (χ3v) is 3.81. The van der Waals surface area contributed by atoms with Crippen molar-refractivity contribution in [1.82, 2.24) is 20.6 Å². The lowest BCUT2D eigenvalue weighted by Crippen LogP contribution is -2.42. The third-order valence-electron chi connectivity index (χ3n) is 3.28. The van der Waals surface area contributed by atoms with E-state index in [2.05, 4.69) is 31.9 Å². The number of aryl methyl sites for hydroxylation is 1. The van der Waals surface area contributed by atoms with Crippen LogP contribution in [0.3, 0.4) is 0 Å². The number of aromatic nitrogens is 2. The molecule has 0 spiro atoms. The fourth-order valence-corrected chi connectivity index (χ4v) is 2.16. The number of hydrogen-bond donors (Lipinski definition) is 2. The standard InChI is InChI=1S/C16H19BrN4O2/c1-16(2,3)13-9-12(21(4)20-13)15(23)19-18-14(22)10-5-7-11(17)8-6-10/h5-9H,1-4H3,(H,18,22)(H,19,23). The first kappa shape index (κ1) is 17.2. The molecule has 1 aromatic carbocycles. The summed E-state index contributed by atoms with van der Waals surface area (Å²) in [4.78, 5) is 24.2. The number of nitrogens with one attached hydrogen (secondary N) is 2. The number of nitrogens with zero attached hydrogens (tertiary/aromatic N) is 2. The second-order valence-electron chi connectivity index (χ2n) is 6.20. The van der Waals surface area contributed by atoms with Crippen LogP contribution in [0.4, 0.5) is 0 Å². The Morgan fingerprint density at radius 3 is 2.17 bits per heavy atom. The van der Waals surface area contributed by atoms with Crippen molar-refractivity contribution < 1.29 is 9.59 Å². The van der Waals surface area contributed by atoms with Gasteiger partial charge in [0.15, 0.2) is 0 Å². The van der Waals surface area contributed by atoms with Crippen LogP contribution in [0.2, 0.25) is 0 Å². The smallest absolute Gasteiger partial charge is 0.267 e. The first-order chi connectivity index (χ1) is 10.7. The second kappa shape index (κ2) is 6.54. The second-order valence-corrected chi connectivity index (χ2v) is 7.12. The van der Waals surface area contributed by atoms with Gasteiger partial charge in [-0.15, -0.1) is 0 Å². The highest BCUT2D eigenvalue weighted by Crippen LogP contribution is 2.21. The molecule has 0 aliphatic rings. The summed E-state index contributed by atoms with van der Waals surface area (Å²) in [6.45, 7) is 6.06. The highest BCUT2D eigenvalue weighted by atomic mass is 79.9. The molecule has 1 heterocycles. The Labute approximate surface area is 143 Å². The van der Waals surface area contributed by atoms with Crippen LogP contribution in [0.1, 0.15) is 47.3 Å². The molecule has 0 fully saturated rings. The average Bonchev–Trinajstić information content (AvgIpc) is 2.87. The number of halogens is 1. The van der Waals surface area contributed by atoms with Gasteiger partial charge >= 0.3 is 0 Å². The molecule has 1 aromatic heterocycles. The normalized spacial score (nSPS) is 11.2. The molecule has 0 saturated heterocycles. The number of rotatable bonds is 2. The molecule has 0 atom stereocenters. The number of carbonyl (C=O) groups is 2. The SMILES string of the molecule is Cn1nc(C(C)(C)C)cc1C(=O)NNC(=O)c1ccc(Br)cc1. The zero-order valence-corrected chi connectivity index (χ0v) is 15.1. The van der Waals surface area contributed by atoms with Gasteiger partial charge in [0.1, 0.15) is 5.69 Å². The fourth-order valence-electron chi connectivity index (χ4n) is 1.90. The minimum atomic E-state index is -0.416. The summed E-state index contributed by atoms with van der Waals surface area (Å²) in [5.41, 5.74) is 6.29. The predicted molar refractivity (Wildman–Crippen MR) is 91.0 cm³/mol. The van der Waals surface area contributed by atoms with E-state index in [9.17, 15) is 9.59 Å². The Kier molecular flexibility index (Phi) is 4.89. The van der Waals surface area contributed by atoms with Crippen molar-refractivity contribution in [2.75, 3.05) is 0 Å². The van der Waals surface area contributed by atoms with E-state index in [1.807, 2.05) is 20.8 Å². The van der Waals surface area contributed by atoms with Gasteiger partial charge < -0.3 is 0 Å². The maximum Gasteiger partial charge on any atom is 0.287 e. The molecule has 0 radical (unpaired) electrons. The van der Waals surface area contributed by atoms with Gasteiger partial charge in [-0.2, -0.15) is 5.10 Å². The van der Waals surface area contributed by atoms with Crippen LogP contribution in [0.15, 0.2) is 34.8 Å². The molecule has 2 N–H and O–H groups in total. The summed E-state index contributed by atoms with van der Waals surface area (Å²) >= 11 is 3.30. The first-order valence-corrected chi connectivity index (χ1v) is 7.88. The monoisotopic (exact) mass is 378 g/mol. The molecular formula is C16H19BrN4O2. The van der Waals surface area contributed by atoms with Crippen molar-refractivity contribution in [3.05, 3.63) is 51.8 Å². The van der Waals surface area contributed by atoms with E-state index in [1.54, 1.807) is 37.4 Å². The number of carbonyl (C=O) groups excluding carboxylic acids is 2. The summed E-state index contributed by atoms with van der Waals surface area (Å²) in [6.07, 6.45) is 0. The van der Waals surface area contributed by atoms with Crippen molar-refractivity contribution in [3.63, 3.8) is 0 Å². The van der Waals surface area contributed by atoms with Gasteiger partial charge in [0, 0.05) is 22.5 Å². The van der Waals surface area contributed by atoms with E-state index < -0.39 is 5.91 Å². The molecule has 2 rings (SSSR count). The van der Waals surface area contributed by atoms with Crippen LogP contribution in [-0.2, 0) is 12.5 Å². The maximum absolute atomic E-state index is 12.2. The summed E-state index contributed by atoms with van der Waals surface area (Å²) in [7, 11) is 1.70. The quantitative estimate of drug-likeness (QED) is 0.788. The summed E-state index contributed by atoms with van der Waals surface area (Å²) in [5, 5.41) is 4.34. The summed E-state index contributed by atoms with van der Waals surface area (Å²) in [5.74, 6) is -0.801. The summed E-state index contributed by atoms with van der Waals surface area (Å²) in [6, 6.07) is 8.56. The van der Waals surface area contributed by atoms with Gasteiger partial charge in [0.2, 0.25) is 0 Å². The van der Waals surface area contributed by atoms with Crippen LogP contribution in [0.25, 0.3) is 0 Å². The lowest BCUT2D eigenvalue weighted by atomic mass is 9.92. The van der Waals surface area contributed by atoms with Crippen molar-refractivity contribution in [2.45, 2.75) is 26.2 Å². The van der Waals surface area contributed by atoms with E-state index >= 15 is 0 Å². The molecular weight excluding hydrogens is 360 g/mol. The zero-order valence-electron chi connectivity index (χ0n) is 13.5. The Balaban J connectivity index is 2.04. The van der Waals surface area contributed by atoms with Crippen molar-refractivity contribution in [1.29, 1.82) is 0 Å². The molecule has 2 aromatic rings. The van der Waals surface area contributed by atoms with Gasteiger partial charge in [-0.25, -0.2) is 0 Å². The lowest BCUT2D eigenvalue weighted by Gasteiger charge is -2.13. The molecule has 0 bridgehead atoms. The van der Waals surface area contributed by atoms with E-state index in [-0.39, 0.29) is 11.3 Å². The Morgan fingerprint density at radius 2 is 1.65 bits per heavy atom. The average molecular weight is 379 g/mol. The molecule has 0 unspecified atom stereocenters. The molecule has 122 valence electrons. The van der Waals surface area contributed by atoms with E-state index in [4.69, 9.17) is 0 Å². The van der Waals surface area contributed by atoms with Crippen molar-refractivity contribution in [2.24, 2.45) is 7.05 Å². The number of amides is 2. The minimum Gasteiger partial charge on any atom is -0.267 e. The van der Waals surface area contributed by atoms with Crippen LogP contribution < -0.4 is 10.9 Å². The molecule has 0 saturated carbocycles. The van der Waals surface area contributed by atoms with Crippen molar-refractivity contribution in [3.8, 4) is 0 Å². The van der Waals surface area contributed by atoms with Crippen LogP contribution in [0.5, 0.6) is 0 Å². The molecule has 2 amide bonds. The van der Waals surface area contributed by atoms with E-state index in [0.29, 0.717) is 11.3 Å². The van der Waals surface area contributed by atoms with Crippen LogP contribution in [-0.4, -0.2) is 21.6 Å². The first-order valence-electron chi connectivity index (χ1n) is 7.09. The van der Waals surface area contributed by atoms with Gasteiger partial charge in [0.25, 0.3) is 11.8 Å². The third kappa shape index (κ3) is 4.19. The predicted octanol–water partition coefficient (Wildman–Crippen LogP) is 2.55. The topological polar surface area (TPSA) is 76.0 Å². The Hall–Kier alpha value is -2.15. The highest BCUT2D eigenvalue weighted by Gasteiger charge is 2.21. The van der Waals surface area contributed by atoms with Crippen LogP contribution in [0, 0.1) is 0 Å². The van der Waals surface area contributed by atoms with E-state index in [1.165, 1.54) is 4.68 Å². The minimum absolute atomic E-state index is 0.156. The van der Waals surface area contributed by atoms with E-state index in [0.717, 1.165) is 10.2 Å². The fraction of sp³-hybridized carbons (Fsp3) is 0.312. The highest BCUT2D eigenvalue weighted by molar-refractivity contribution is 9.10. The maximum atomic E-state index is 12.2. The van der Waals surface area contributed by atoms with Crippen LogP contribution >= 0.6 is 15.9 Å². The molecule has 7 heteroatoms. The molecule has 23 heavy (non-hydrogen) atoms. The van der Waals surface area contributed by atoms with Gasteiger partial charge in [0.05, 0.1) is 5.69 Å². The zero-order chi connectivity index (χ0) is 17.2. The van der Waals surface area contributed by atoms with Crippen molar-refractivity contribution >= 4 is 27.7 Å². The lowest BCUT2D eigenvalue weighted by molar-refractivity contribution is 0.0841. The Bertz CT molecular complexity index is 730. The Morgan fingerprint density at radius 1 is 1.09 bits per heavy atom. The largest absolute Gasteiger partial charge is 0.287 e. The number of hydrazine groups is 1. The van der Waals surface area contributed by atoms with Gasteiger partial charge in [-0.3, -0.25) is 25.1 Å². The number of hydrogen-bond acceptors (Lipinski definition) is 3. The molecule has 0 aliphatic carbocycles. The van der Waals surface area contributed by atoms with Gasteiger partial charge in [-0.05, 0) is 30.3 Å².